The first kappa shape index (κ1) is 17.8. The molecule has 5 rings (SSSR count). The monoisotopic (exact) mass is 393 g/mol. The van der Waals surface area contributed by atoms with Gasteiger partial charge in [0.1, 0.15) is 11.5 Å². The lowest BCUT2D eigenvalue weighted by Crippen LogP contribution is -1.94. The normalized spacial score (nSPS) is 10.9. The Hall–Kier alpha value is -4.25. The first-order chi connectivity index (χ1) is 14.7. The second-order valence-corrected chi connectivity index (χ2v) is 6.92. The van der Waals surface area contributed by atoms with E-state index in [0.717, 1.165) is 21.5 Å². The van der Waals surface area contributed by atoms with Gasteiger partial charge in [0.25, 0.3) is 0 Å². The average Bonchev–Trinajstić information content (AvgIpc) is 2.76. The van der Waals surface area contributed by atoms with Crippen LogP contribution in [-0.2, 0) is 0 Å². The van der Waals surface area contributed by atoms with Gasteiger partial charge in [0.15, 0.2) is 0 Å². The van der Waals surface area contributed by atoms with E-state index < -0.39 is 0 Å². The summed E-state index contributed by atoms with van der Waals surface area (Å²) in [6.07, 6.45) is 0. The molecule has 4 N–H and O–H groups in total. The lowest BCUT2D eigenvalue weighted by Gasteiger charge is -2.12. The van der Waals surface area contributed by atoms with Crippen molar-refractivity contribution >= 4 is 32.9 Å². The van der Waals surface area contributed by atoms with Crippen LogP contribution >= 0.6 is 0 Å². The molecular formula is C25H19N3O2. The molecule has 0 aliphatic heterocycles. The lowest BCUT2D eigenvalue weighted by atomic mass is 10.1. The summed E-state index contributed by atoms with van der Waals surface area (Å²) in [5.74, 6) is 2.23. The molecule has 0 atom stereocenters. The van der Waals surface area contributed by atoms with Crippen molar-refractivity contribution in [1.29, 1.82) is 0 Å². The number of anilines is 2. The highest BCUT2D eigenvalue weighted by atomic mass is 16.5. The van der Waals surface area contributed by atoms with Crippen LogP contribution in [0.15, 0.2) is 91.0 Å². The minimum atomic E-state index is 0.433. The van der Waals surface area contributed by atoms with Crippen molar-refractivity contribution in [2.24, 2.45) is 0 Å². The molecule has 0 saturated carbocycles. The molecule has 146 valence electrons. The first-order valence-corrected chi connectivity index (χ1v) is 9.56. The summed E-state index contributed by atoms with van der Waals surface area (Å²) in [4.78, 5) is 4.51. The van der Waals surface area contributed by atoms with Crippen molar-refractivity contribution in [3.63, 3.8) is 0 Å². The van der Waals surface area contributed by atoms with E-state index in [0.29, 0.717) is 34.6 Å². The standard InChI is InChI=1S/C25H19N3O2/c26-20-10-1-8-18-16(20)6-3-12-22(18)29-24-14-5-15-25(28-24)30-23-13-4-7-17-19(23)9-2-11-21(17)27/h1-15H,26-27H2. The zero-order valence-electron chi connectivity index (χ0n) is 16.1. The molecule has 4 aromatic carbocycles. The number of hydrogen-bond acceptors (Lipinski definition) is 5. The van der Waals surface area contributed by atoms with Crippen LogP contribution in [0, 0.1) is 0 Å². The number of nitrogens with two attached hydrogens (primary N) is 2. The van der Waals surface area contributed by atoms with Crippen molar-refractivity contribution in [3.8, 4) is 23.3 Å². The number of aromatic nitrogens is 1. The summed E-state index contributed by atoms with van der Waals surface area (Å²) < 4.78 is 12.1. The van der Waals surface area contributed by atoms with E-state index in [1.165, 1.54) is 0 Å². The molecule has 1 aromatic heterocycles. The van der Waals surface area contributed by atoms with Crippen LogP contribution < -0.4 is 20.9 Å². The molecule has 5 nitrogen and oxygen atoms in total. The molecule has 0 radical (unpaired) electrons. The molecule has 0 saturated heterocycles. The Bertz CT molecular complexity index is 1280. The van der Waals surface area contributed by atoms with Crippen LogP contribution in [-0.4, -0.2) is 4.98 Å². The zero-order valence-corrected chi connectivity index (χ0v) is 16.1. The highest BCUT2D eigenvalue weighted by Crippen LogP contribution is 2.34. The van der Waals surface area contributed by atoms with E-state index in [4.69, 9.17) is 20.9 Å². The number of benzene rings is 4. The topological polar surface area (TPSA) is 83.4 Å². The molecule has 5 heteroatoms. The van der Waals surface area contributed by atoms with Gasteiger partial charge < -0.3 is 20.9 Å². The molecule has 0 fully saturated rings. The minimum absolute atomic E-state index is 0.433. The number of rotatable bonds is 4. The number of hydrogen-bond donors (Lipinski definition) is 2. The van der Waals surface area contributed by atoms with Gasteiger partial charge in [-0.05, 0) is 24.3 Å². The first-order valence-electron chi connectivity index (χ1n) is 9.56. The van der Waals surface area contributed by atoms with Gasteiger partial charge in [0.2, 0.25) is 11.8 Å². The Balaban J connectivity index is 1.48. The predicted octanol–water partition coefficient (Wildman–Crippen LogP) is 6.14. The zero-order chi connectivity index (χ0) is 20.5. The van der Waals surface area contributed by atoms with Gasteiger partial charge in [-0.15, -0.1) is 0 Å². The van der Waals surface area contributed by atoms with Crippen molar-refractivity contribution in [2.45, 2.75) is 0 Å². The van der Waals surface area contributed by atoms with Crippen LogP contribution in [0.3, 0.4) is 0 Å². The molecule has 1 heterocycles. The molecular weight excluding hydrogens is 374 g/mol. The third-order valence-electron chi connectivity index (χ3n) is 4.96. The van der Waals surface area contributed by atoms with Gasteiger partial charge in [-0.25, -0.2) is 0 Å². The lowest BCUT2D eigenvalue weighted by molar-refractivity contribution is 0.431. The smallest absolute Gasteiger partial charge is 0.222 e. The molecule has 0 amide bonds. The Morgan fingerprint density at radius 2 is 0.867 bits per heavy atom. The van der Waals surface area contributed by atoms with Crippen LogP contribution in [0.25, 0.3) is 21.5 Å². The van der Waals surface area contributed by atoms with Crippen LogP contribution in [0.4, 0.5) is 11.4 Å². The van der Waals surface area contributed by atoms with Crippen molar-refractivity contribution in [3.05, 3.63) is 91.0 Å². The summed E-state index contributed by atoms with van der Waals surface area (Å²) in [5.41, 5.74) is 13.6. The molecule has 0 aliphatic rings. The fraction of sp³-hybridized carbons (Fsp3) is 0. The van der Waals surface area contributed by atoms with Crippen LogP contribution in [0.2, 0.25) is 0 Å². The summed E-state index contributed by atoms with van der Waals surface area (Å²) in [5, 5.41) is 3.73. The van der Waals surface area contributed by atoms with E-state index in [1.807, 2.05) is 78.9 Å². The second kappa shape index (κ2) is 7.29. The Kier molecular flexibility index (Phi) is 4.33. The maximum atomic E-state index is 6.08. The third kappa shape index (κ3) is 3.22. The summed E-state index contributed by atoms with van der Waals surface area (Å²) in [6.45, 7) is 0. The number of ether oxygens (including phenoxy) is 2. The minimum Gasteiger partial charge on any atom is -0.438 e. The van der Waals surface area contributed by atoms with E-state index in [2.05, 4.69) is 4.98 Å². The fourth-order valence-electron chi connectivity index (χ4n) is 3.52. The highest BCUT2D eigenvalue weighted by Gasteiger charge is 2.09. The maximum absolute atomic E-state index is 6.08. The van der Waals surface area contributed by atoms with Crippen molar-refractivity contribution in [2.75, 3.05) is 11.5 Å². The molecule has 0 aliphatic carbocycles. The van der Waals surface area contributed by atoms with Gasteiger partial charge in [0.05, 0.1) is 0 Å². The number of nitrogens with zero attached hydrogens (tertiary/aromatic N) is 1. The van der Waals surface area contributed by atoms with Gasteiger partial charge in [-0.1, -0.05) is 54.6 Å². The number of nitrogen functional groups attached to an aromatic ring is 2. The number of fused-ring (bicyclic) bond motifs is 2. The van der Waals surface area contributed by atoms with E-state index >= 15 is 0 Å². The van der Waals surface area contributed by atoms with E-state index in [9.17, 15) is 0 Å². The van der Waals surface area contributed by atoms with Gasteiger partial charge >= 0.3 is 0 Å². The summed E-state index contributed by atoms with van der Waals surface area (Å²) in [7, 11) is 0. The highest BCUT2D eigenvalue weighted by molar-refractivity contribution is 5.97. The second-order valence-electron chi connectivity index (χ2n) is 6.92. The third-order valence-corrected chi connectivity index (χ3v) is 4.96. The molecule has 0 spiro atoms. The van der Waals surface area contributed by atoms with Gasteiger partial charge in [-0.2, -0.15) is 4.98 Å². The molecule has 30 heavy (non-hydrogen) atoms. The average molecular weight is 393 g/mol. The Labute approximate surface area is 173 Å². The molecule has 5 aromatic rings. The quantitative estimate of drug-likeness (QED) is 0.359. The summed E-state index contributed by atoms with van der Waals surface area (Å²) >= 11 is 0. The Morgan fingerprint density at radius 3 is 1.37 bits per heavy atom. The van der Waals surface area contributed by atoms with E-state index in [-0.39, 0.29) is 0 Å². The Morgan fingerprint density at radius 1 is 0.467 bits per heavy atom. The predicted molar refractivity (Wildman–Crippen MR) is 121 cm³/mol. The largest absolute Gasteiger partial charge is 0.438 e. The van der Waals surface area contributed by atoms with Gasteiger partial charge in [-0.3, -0.25) is 0 Å². The molecule has 0 bridgehead atoms. The van der Waals surface area contributed by atoms with Gasteiger partial charge in [0, 0.05) is 45.1 Å². The fourth-order valence-corrected chi connectivity index (χ4v) is 3.52. The SMILES string of the molecule is Nc1cccc2c(Oc3cccc(Oc4cccc5c(N)cccc45)n3)cccc12. The van der Waals surface area contributed by atoms with E-state index in [1.54, 1.807) is 12.1 Å². The summed E-state index contributed by atoms with van der Waals surface area (Å²) in [6, 6.07) is 28.5. The van der Waals surface area contributed by atoms with Crippen molar-refractivity contribution < 1.29 is 9.47 Å². The van der Waals surface area contributed by atoms with Crippen LogP contribution in [0.5, 0.6) is 23.3 Å². The van der Waals surface area contributed by atoms with Crippen molar-refractivity contribution in [1.82, 2.24) is 4.98 Å². The maximum Gasteiger partial charge on any atom is 0.222 e. The molecule has 0 unspecified atom stereocenters. The number of pyridine rings is 1. The van der Waals surface area contributed by atoms with Crippen LogP contribution in [0.1, 0.15) is 0 Å².